The van der Waals surface area contributed by atoms with Crippen LogP contribution >= 0.6 is 0 Å². The molecule has 0 aromatic carbocycles. The van der Waals surface area contributed by atoms with Crippen molar-refractivity contribution in [3.05, 3.63) is 75.9 Å². The number of aliphatic hydroxyl groups is 8. The second-order valence-corrected chi connectivity index (χ2v) is 6.71. The number of aliphatic hydroxyl groups excluding tert-OH is 8. The Morgan fingerprint density at radius 3 is 0.389 bits per heavy atom. The molecule has 0 bridgehead atoms. The van der Waals surface area contributed by atoms with Gasteiger partial charge in [0.1, 0.15) is 0 Å². The molecule has 220 valence electrons. The van der Waals surface area contributed by atoms with Crippen molar-refractivity contribution in [3.63, 3.8) is 0 Å². The maximum atomic E-state index is 8.50. The molecule has 0 amide bonds. The minimum Gasteiger partial charge on any atom is -0.396 e. The van der Waals surface area contributed by atoms with Crippen LogP contribution in [0.2, 0.25) is 0 Å². The van der Waals surface area contributed by atoms with E-state index in [4.69, 9.17) is 40.9 Å². The minimum absolute atomic E-state index is 0.406. The lowest BCUT2D eigenvalue weighted by molar-refractivity contribution is -0.0332. The first kappa shape index (κ1) is 54.9. The number of hydrogen-bond donors (Lipinski definition) is 8. The molecule has 0 aliphatic heterocycles. The number of allylic oxidation sites excluding steroid dienone is 6. The van der Waals surface area contributed by atoms with Crippen LogP contribution in [0, 0.1) is 10.8 Å². The van der Waals surface area contributed by atoms with Crippen molar-refractivity contribution in [2.24, 2.45) is 10.8 Å². The van der Waals surface area contributed by atoms with E-state index >= 15 is 0 Å². The largest absolute Gasteiger partial charge is 0.396 e. The van der Waals surface area contributed by atoms with Gasteiger partial charge in [0.2, 0.25) is 0 Å². The van der Waals surface area contributed by atoms with E-state index < -0.39 is 63.7 Å². The van der Waals surface area contributed by atoms with E-state index in [9.17, 15) is 0 Å². The fraction of sp³-hybridized carbons (Fsp3) is 0.571. The van der Waals surface area contributed by atoms with Crippen LogP contribution in [0.25, 0.3) is 0 Å². The first-order valence-electron chi connectivity index (χ1n) is 11.3. The molecular weight excluding hydrogens is 464 g/mol. The fourth-order valence-corrected chi connectivity index (χ4v) is 0.600. The zero-order valence-corrected chi connectivity index (χ0v) is 23.9. The summed E-state index contributed by atoms with van der Waals surface area (Å²) in [6.45, 7) is 28.2. The fourth-order valence-electron chi connectivity index (χ4n) is 0.600. The Morgan fingerprint density at radius 2 is 0.389 bits per heavy atom. The van der Waals surface area contributed by atoms with Crippen LogP contribution in [-0.4, -0.2) is 93.7 Å². The van der Waals surface area contributed by atoms with Crippen molar-refractivity contribution in [1.29, 1.82) is 0 Å². The van der Waals surface area contributed by atoms with Crippen molar-refractivity contribution in [2.75, 3.05) is 52.9 Å². The highest BCUT2D eigenvalue weighted by atomic mass is 16.3. The van der Waals surface area contributed by atoms with Gasteiger partial charge < -0.3 is 40.9 Å². The number of rotatable bonds is 8. The lowest BCUT2D eigenvalue weighted by Gasteiger charge is -2.23. The van der Waals surface area contributed by atoms with E-state index in [1.165, 1.54) is 0 Å². The summed E-state index contributed by atoms with van der Waals surface area (Å²) in [5, 5.41) is 68.0. The van der Waals surface area contributed by atoms with Crippen LogP contribution in [-0.2, 0) is 0 Å². The predicted octanol–water partition coefficient (Wildman–Crippen LogP) is 3.04. The summed E-state index contributed by atoms with van der Waals surface area (Å²) in [5.74, 6) is 0. The highest BCUT2D eigenvalue weighted by molar-refractivity contribution is 4.75. The van der Waals surface area contributed by atoms with Gasteiger partial charge in [-0.05, 0) is 41.5 Å². The van der Waals surface area contributed by atoms with E-state index in [-0.39, 0.29) is 0 Å². The molecule has 8 nitrogen and oxygen atoms in total. The van der Waals surface area contributed by atoms with Crippen LogP contribution in [0.3, 0.4) is 0 Å². The predicted molar refractivity (Wildman–Crippen MR) is 157 cm³/mol. The van der Waals surface area contributed by atoms with Crippen molar-refractivity contribution in [1.82, 2.24) is 0 Å². The third-order valence-corrected chi connectivity index (χ3v) is 2.68. The van der Waals surface area contributed by atoms with Crippen molar-refractivity contribution in [3.8, 4) is 0 Å². The van der Waals surface area contributed by atoms with E-state index in [2.05, 4.69) is 39.5 Å². The van der Waals surface area contributed by atoms with Crippen LogP contribution in [0.5, 0.6) is 0 Å². The zero-order valence-electron chi connectivity index (χ0n) is 23.9. The van der Waals surface area contributed by atoms with Crippen LogP contribution in [0.15, 0.2) is 75.9 Å². The summed E-state index contributed by atoms with van der Waals surface area (Å²) >= 11 is 0. The molecule has 0 heterocycles. The Morgan fingerprint density at radius 1 is 0.333 bits per heavy atom. The molecule has 0 saturated heterocycles. The van der Waals surface area contributed by atoms with Gasteiger partial charge >= 0.3 is 0 Å². The summed E-state index contributed by atoms with van der Waals surface area (Å²) in [5.41, 5.74) is -2.22. The Labute approximate surface area is 222 Å². The van der Waals surface area contributed by atoms with E-state index in [1.807, 2.05) is 41.5 Å². The molecule has 8 N–H and O–H groups in total. The zero-order chi connectivity index (χ0) is 30.9. The molecule has 0 spiro atoms. The van der Waals surface area contributed by atoms with Crippen LogP contribution < -0.4 is 0 Å². The molecule has 0 saturated carbocycles. The Bertz CT molecular complexity index is 301. The van der Waals surface area contributed by atoms with Gasteiger partial charge in [-0.2, -0.15) is 0 Å². The average Bonchev–Trinajstić information content (AvgIpc) is 2.86. The summed E-state index contributed by atoms with van der Waals surface area (Å²) in [6.07, 6.45) is 10.5. The Kier molecular flexibility index (Phi) is 89.5. The molecule has 0 atom stereocenters. The van der Waals surface area contributed by atoms with E-state index in [0.717, 1.165) is 0 Å². The van der Waals surface area contributed by atoms with Gasteiger partial charge in [-0.25, -0.2) is 0 Å². The molecular formula is C28H60O8. The van der Waals surface area contributed by atoms with Crippen molar-refractivity contribution in [2.45, 2.75) is 41.5 Å². The van der Waals surface area contributed by atoms with Gasteiger partial charge in [-0.1, -0.05) is 36.5 Å². The topological polar surface area (TPSA) is 162 Å². The molecule has 0 aromatic rings. The smallest absolute Gasteiger partial charge is 0.0627 e. The molecule has 0 aliphatic carbocycles. The standard InChI is InChI=1S/2C5H12O4.6C3H6/c2*6-1-5(2-7,3-8)4-9;6*1-3-2/h2*6-9H,1-4H2;6*3H,1H2,2H3. The van der Waals surface area contributed by atoms with Gasteiger partial charge in [0.05, 0.1) is 63.7 Å². The van der Waals surface area contributed by atoms with E-state index in [0.29, 0.717) is 0 Å². The lowest BCUT2D eigenvalue weighted by atomic mass is 9.93. The number of hydrogen-bond acceptors (Lipinski definition) is 8. The van der Waals surface area contributed by atoms with E-state index in [1.54, 1.807) is 36.5 Å². The highest BCUT2D eigenvalue weighted by Gasteiger charge is 2.27. The summed E-state index contributed by atoms with van der Waals surface area (Å²) in [6, 6.07) is 0. The Hall–Kier alpha value is -1.88. The molecule has 36 heavy (non-hydrogen) atoms. The highest BCUT2D eigenvalue weighted by Crippen LogP contribution is 2.12. The summed E-state index contributed by atoms with van der Waals surface area (Å²) in [4.78, 5) is 0. The first-order valence-corrected chi connectivity index (χ1v) is 11.3. The van der Waals surface area contributed by atoms with Crippen molar-refractivity contribution >= 4 is 0 Å². The SMILES string of the molecule is C=CC.C=CC.C=CC.C=CC.C=CC.C=CC.OCC(CO)(CO)CO.OCC(CO)(CO)CO. The van der Waals surface area contributed by atoms with Crippen molar-refractivity contribution < 1.29 is 40.9 Å². The normalized spacial score (nSPS) is 8.17. The quantitative estimate of drug-likeness (QED) is 0.225. The third-order valence-electron chi connectivity index (χ3n) is 2.68. The van der Waals surface area contributed by atoms with Crippen LogP contribution in [0.1, 0.15) is 41.5 Å². The first-order chi connectivity index (χ1) is 17.0. The summed E-state index contributed by atoms with van der Waals surface area (Å²) in [7, 11) is 0. The molecule has 0 radical (unpaired) electrons. The monoisotopic (exact) mass is 524 g/mol. The second-order valence-electron chi connectivity index (χ2n) is 6.71. The van der Waals surface area contributed by atoms with Gasteiger partial charge in [0, 0.05) is 0 Å². The van der Waals surface area contributed by atoms with Gasteiger partial charge in [0.15, 0.2) is 0 Å². The molecule has 8 heteroatoms. The van der Waals surface area contributed by atoms with Crippen LogP contribution in [0.4, 0.5) is 0 Å². The second kappa shape index (κ2) is 58.7. The molecule has 0 aromatic heterocycles. The third kappa shape index (κ3) is 63.6. The lowest BCUT2D eigenvalue weighted by Crippen LogP contribution is -2.37. The molecule has 0 aliphatic rings. The molecule has 0 unspecified atom stereocenters. The summed E-state index contributed by atoms with van der Waals surface area (Å²) < 4.78 is 0. The maximum absolute atomic E-state index is 8.50. The maximum Gasteiger partial charge on any atom is 0.0627 e. The van der Waals surface area contributed by atoms with Gasteiger partial charge in [-0.15, -0.1) is 39.5 Å². The molecule has 0 rings (SSSR count). The van der Waals surface area contributed by atoms with Gasteiger partial charge in [0.25, 0.3) is 0 Å². The minimum atomic E-state index is -1.11. The average molecular weight is 525 g/mol. The molecule has 0 fully saturated rings. The Balaban J connectivity index is -0.0000000446. The van der Waals surface area contributed by atoms with Gasteiger partial charge in [-0.3, -0.25) is 0 Å².